The van der Waals surface area contributed by atoms with E-state index in [0.29, 0.717) is 41.4 Å². The lowest BCUT2D eigenvalue weighted by Crippen LogP contribution is -2.47. The van der Waals surface area contributed by atoms with E-state index in [2.05, 4.69) is 25.3 Å². The van der Waals surface area contributed by atoms with Crippen LogP contribution in [-0.2, 0) is 60.5 Å². The maximum Gasteiger partial charge on any atom is 0.407 e. The number of hydrogen-bond donors (Lipinski definition) is 3. The molecule has 20 nitrogen and oxygen atoms in total. The molecule has 5 aromatic carbocycles. The highest BCUT2D eigenvalue weighted by molar-refractivity contribution is 7.92. The number of aromatic nitrogens is 5. The number of benzene rings is 5. The van der Waals surface area contributed by atoms with E-state index >= 15 is 16.8 Å². The van der Waals surface area contributed by atoms with Crippen LogP contribution in [0.3, 0.4) is 0 Å². The Morgan fingerprint density at radius 3 is 2.00 bits per heavy atom. The molecule has 1 amide bonds. The minimum Gasteiger partial charge on any atom is -0.497 e. The van der Waals surface area contributed by atoms with Crippen molar-refractivity contribution in [3.8, 4) is 39.9 Å². The Bertz CT molecular complexity index is 3150. The number of rotatable bonds is 23. The van der Waals surface area contributed by atoms with E-state index in [1.54, 1.807) is 98.1 Å². The van der Waals surface area contributed by atoms with Crippen LogP contribution in [0.1, 0.15) is 41.5 Å². The van der Waals surface area contributed by atoms with Gasteiger partial charge in [0.1, 0.15) is 39.5 Å². The lowest BCUT2D eigenvalue weighted by Gasteiger charge is -2.28. The quantitative estimate of drug-likeness (QED) is 0.0613. The fourth-order valence-electron chi connectivity index (χ4n) is 8.06. The summed E-state index contributed by atoms with van der Waals surface area (Å²) >= 11 is 0. The Balaban J connectivity index is 1.28. The highest BCUT2D eigenvalue weighted by Crippen LogP contribution is 2.41. The Kier molecular flexibility index (Phi) is 17.5. The highest BCUT2D eigenvalue weighted by Gasteiger charge is 2.39. The summed E-state index contributed by atoms with van der Waals surface area (Å²) in [7, 11) is -5.39. The Morgan fingerprint density at radius 1 is 0.770 bits per heavy atom. The third-order valence-corrected chi connectivity index (χ3v) is 15.5. The molecule has 0 saturated carbocycles. The van der Waals surface area contributed by atoms with Crippen LogP contribution < -0.4 is 30.0 Å². The predicted molar refractivity (Wildman–Crippen MR) is 274 cm³/mol. The Hall–Kier alpha value is -7.47. The van der Waals surface area contributed by atoms with Gasteiger partial charge in [-0.25, -0.2) is 31.3 Å². The number of carbonyl (C=O) groups excluding carboxylic acids is 1. The van der Waals surface area contributed by atoms with E-state index in [1.165, 1.54) is 31.1 Å². The van der Waals surface area contributed by atoms with Crippen LogP contribution in [-0.4, -0.2) is 106 Å². The average Bonchev–Trinajstić information content (AvgIpc) is 3.89. The number of amides is 1. The molecule has 1 saturated heterocycles. The van der Waals surface area contributed by atoms with Gasteiger partial charge in [0, 0.05) is 31.8 Å². The number of sulfonamides is 2. The lowest BCUT2D eigenvalue weighted by molar-refractivity contribution is -0.164. The van der Waals surface area contributed by atoms with Crippen molar-refractivity contribution in [2.24, 2.45) is 0 Å². The van der Waals surface area contributed by atoms with Crippen LogP contribution in [0, 0.1) is 0 Å². The van der Waals surface area contributed by atoms with Crippen molar-refractivity contribution in [1.29, 1.82) is 0 Å². The fraction of sp³-hybridized carbons (Fsp3) is 0.288. The SMILES string of the molecule is COc1ccc(CN(Cc2ccc(OC)cc2)S(=O)(=O)c2c(S(=O)(=O)N[C@@H](CNC(=O)OCc3ccccc3)COC3CCCCO3)ccc(-c3cccc(N)n3)c2-c2nnn(Cc3ccc(OC)cc3)n2)cc1. The predicted octanol–water partition coefficient (Wildman–Crippen LogP) is 6.57. The standard InChI is InChI=1S/C52H57N9O11S2/c1-67-41-21-15-36(16-22-41)31-60(32-37-17-23-42(68-2)24-18-37)74(65,66)50-46(73(63,64)58-40(35-71-48-14-7-8-29-70-48)30-54-52(62)72-34-39-10-5-4-6-11-39)28-27-44(45-12-9-13-47(53)55-45)49(50)51-56-59-61(57-51)33-38-19-25-43(69-3)26-20-38/h4-6,9-13,15-28,40,48,58H,7-8,14,29-35H2,1-3H3,(H2,53,55)(H,54,62)/t40-,48?/m0/s1. The summed E-state index contributed by atoms with van der Waals surface area (Å²) in [5.74, 6) is 1.58. The zero-order chi connectivity index (χ0) is 52.1. The molecule has 4 N–H and O–H groups in total. The number of tetrazole rings is 1. The number of carbonyl (C=O) groups is 1. The molecule has 1 aliphatic heterocycles. The molecular weight excluding hydrogens is 991 g/mol. The summed E-state index contributed by atoms with van der Waals surface area (Å²) < 4.78 is 101. The van der Waals surface area contributed by atoms with Gasteiger partial charge in [-0.2, -0.15) is 9.10 Å². The summed E-state index contributed by atoms with van der Waals surface area (Å²) in [6, 6.07) is 36.1. The molecule has 8 rings (SSSR count). The number of anilines is 1. The van der Waals surface area contributed by atoms with Gasteiger partial charge in [-0.05, 0) is 101 Å². The summed E-state index contributed by atoms with van der Waals surface area (Å²) in [6.45, 7) is -0.597. The molecule has 1 aliphatic rings. The average molecular weight is 1050 g/mol. The molecule has 7 aromatic rings. The fourth-order valence-corrected chi connectivity index (χ4v) is 11.7. The number of hydrogen-bond acceptors (Lipinski definition) is 16. The van der Waals surface area contributed by atoms with Gasteiger partial charge < -0.3 is 39.5 Å². The zero-order valence-electron chi connectivity index (χ0n) is 41.0. The molecule has 3 heterocycles. The van der Waals surface area contributed by atoms with E-state index in [9.17, 15) is 4.79 Å². The summed E-state index contributed by atoms with van der Waals surface area (Å²) in [5, 5.41) is 16.1. The van der Waals surface area contributed by atoms with E-state index in [4.69, 9.17) is 39.3 Å². The molecule has 388 valence electrons. The first-order valence-electron chi connectivity index (χ1n) is 23.6. The monoisotopic (exact) mass is 1050 g/mol. The maximum atomic E-state index is 16.2. The molecule has 22 heteroatoms. The number of nitrogens with zero attached hydrogens (tertiary/aromatic N) is 6. The molecule has 1 unspecified atom stereocenters. The number of methoxy groups -OCH3 is 3. The van der Waals surface area contributed by atoms with Crippen molar-refractivity contribution >= 4 is 32.0 Å². The van der Waals surface area contributed by atoms with Crippen molar-refractivity contribution < 1.29 is 50.1 Å². The van der Waals surface area contributed by atoms with Gasteiger partial charge in [0.15, 0.2) is 6.29 Å². The van der Waals surface area contributed by atoms with Crippen molar-refractivity contribution in [2.75, 3.05) is 46.8 Å². The second-order valence-electron chi connectivity index (χ2n) is 17.1. The van der Waals surface area contributed by atoms with Crippen LogP contribution in [0.2, 0.25) is 0 Å². The minimum absolute atomic E-state index is 0.0456. The zero-order valence-corrected chi connectivity index (χ0v) is 42.6. The van der Waals surface area contributed by atoms with E-state index < -0.39 is 48.3 Å². The van der Waals surface area contributed by atoms with Gasteiger partial charge in [0.05, 0.1) is 51.8 Å². The van der Waals surface area contributed by atoms with Crippen LogP contribution in [0.4, 0.5) is 10.6 Å². The lowest BCUT2D eigenvalue weighted by atomic mass is 10.0. The largest absolute Gasteiger partial charge is 0.497 e. The minimum atomic E-state index is -5.02. The van der Waals surface area contributed by atoms with Crippen molar-refractivity contribution in [3.05, 3.63) is 156 Å². The number of alkyl carbamates (subject to hydrolysis) is 1. The third-order valence-electron chi connectivity index (χ3n) is 11.9. The second-order valence-corrected chi connectivity index (χ2v) is 20.7. The highest BCUT2D eigenvalue weighted by atomic mass is 32.2. The smallest absolute Gasteiger partial charge is 0.407 e. The number of pyridine rings is 1. The first-order chi connectivity index (χ1) is 35.8. The van der Waals surface area contributed by atoms with Gasteiger partial charge in [0.2, 0.25) is 25.9 Å². The second kappa shape index (κ2) is 24.5. The number of ether oxygens (including phenoxy) is 6. The number of nitrogen functional groups attached to an aromatic ring is 1. The first-order valence-corrected chi connectivity index (χ1v) is 26.5. The third kappa shape index (κ3) is 13.6. The number of nitrogens with one attached hydrogen (secondary N) is 2. The Labute approximate surface area is 429 Å². The van der Waals surface area contributed by atoms with Crippen LogP contribution in [0.25, 0.3) is 22.6 Å². The van der Waals surface area contributed by atoms with E-state index in [1.807, 2.05) is 30.3 Å². The van der Waals surface area contributed by atoms with Crippen molar-refractivity contribution in [2.45, 2.75) is 67.6 Å². The number of nitrogens with two attached hydrogens (primary N) is 1. The van der Waals surface area contributed by atoms with E-state index in [0.717, 1.165) is 28.3 Å². The summed E-state index contributed by atoms with van der Waals surface area (Å²) in [4.78, 5) is 17.6. The summed E-state index contributed by atoms with van der Waals surface area (Å²) in [5.41, 5.74) is 8.93. The van der Waals surface area contributed by atoms with Gasteiger partial charge in [-0.1, -0.05) is 78.9 Å². The van der Waals surface area contributed by atoms with Crippen molar-refractivity contribution in [3.63, 3.8) is 0 Å². The topological polar surface area (TPSA) is 251 Å². The molecule has 2 aromatic heterocycles. The molecule has 1 fully saturated rings. The van der Waals surface area contributed by atoms with Crippen LogP contribution >= 0.6 is 0 Å². The molecule has 0 spiro atoms. The Morgan fingerprint density at radius 2 is 1.41 bits per heavy atom. The van der Waals surface area contributed by atoms with Gasteiger partial charge in [-0.3, -0.25) is 0 Å². The molecule has 2 atom stereocenters. The van der Waals surface area contributed by atoms with Gasteiger partial charge in [0.25, 0.3) is 0 Å². The molecule has 0 bridgehead atoms. The maximum absolute atomic E-state index is 16.2. The van der Waals surface area contributed by atoms with Crippen LogP contribution in [0.5, 0.6) is 17.2 Å². The molecule has 0 aliphatic carbocycles. The molecular formula is C52H57N9O11S2. The van der Waals surface area contributed by atoms with Gasteiger partial charge >= 0.3 is 6.09 Å². The molecule has 74 heavy (non-hydrogen) atoms. The normalized spacial score (nSPS) is 14.3. The van der Waals surface area contributed by atoms with Gasteiger partial charge in [-0.15, -0.1) is 10.2 Å². The van der Waals surface area contributed by atoms with Crippen LogP contribution in [0.15, 0.2) is 143 Å². The molecule has 0 radical (unpaired) electrons. The van der Waals surface area contributed by atoms with E-state index in [-0.39, 0.29) is 67.9 Å². The first kappa shape index (κ1) is 52.8. The van der Waals surface area contributed by atoms with Crippen molar-refractivity contribution in [1.82, 2.24) is 39.5 Å². The summed E-state index contributed by atoms with van der Waals surface area (Å²) in [6.07, 6.45) is 0.744.